The molecule has 0 bridgehead atoms. The Morgan fingerprint density at radius 3 is 2.67 bits per heavy atom. The van der Waals surface area contributed by atoms with Crippen LogP contribution in [0.3, 0.4) is 0 Å². The maximum atomic E-state index is 5.64. The average molecular weight is 238 g/mol. The summed E-state index contributed by atoms with van der Waals surface area (Å²) in [5.41, 5.74) is 3.50. The van der Waals surface area contributed by atoms with Crippen LogP contribution in [0.4, 0.5) is 0 Å². The van der Waals surface area contributed by atoms with Gasteiger partial charge in [-0.25, -0.2) is 0 Å². The van der Waals surface area contributed by atoms with Crippen LogP contribution in [0.25, 0.3) is 5.57 Å². The van der Waals surface area contributed by atoms with E-state index in [1.807, 2.05) is 36.4 Å². The largest absolute Gasteiger partial charge is 0.497 e. The SMILES string of the molecule is COc1ccc2c(c1)C(c1ccccc1)=CCO2. The standard InChI is InChI=1S/C16H14O2/c1-17-13-7-8-16-15(11-13)14(9-10-18-16)12-5-3-2-4-6-12/h2-9,11H,10H2,1H3. The van der Waals surface area contributed by atoms with Crippen molar-refractivity contribution in [2.75, 3.05) is 13.7 Å². The van der Waals surface area contributed by atoms with Crippen LogP contribution in [-0.4, -0.2) is 13.7 Å². The highest BCUT2D eigenvalue weighted by molar-refractivity contribution is 5.84. The molecule has 2 nitrogen and oxygen atoms in total. The van der Waals surface area contributed by atoms with E-state index >= 15 is 0 Å². The molecule has 0 aliphatic carbocycles. The maximum Gasteiger partial charge on any atom is 0.127 e. The van der Waals surface area contributed by atoms with Crippen molar-refractivity contribution >= 4 is 5.57 Å². The Bertz CT molecular complexity index is 585. The van der Waals surface area contributed by atoms with Gasteiger partial charge in [-0.15, -0.1) is 0 Å². The van der Waals surface area contributed by atoms with Crippen molar-refractivity contribution in [3.63, 3.8) is 0 Å². The molecule has 2 aromatic carbocycles. The molecule has 0 radical (unpaired) electrons. The first-order valence-electron chi connectivity index (χ1n) is 5.95. The van der Waals surface area contributed by atoms with Crippen LogP contribution in [0.5, 0.6) is 11.5 Å². The molecule has 0 saturated carbocycles. The number of hydrogen-bond acceptors (Lipinski definition) is 2. The molecule has 0 atom stereocenters. The summed E-state index contributed by atoms with van der Waals surface area (Å²) in [6.45, 7) is 0.615. The zero-order valence-corrected chi connectivity index (χ0v) is 10.2. The van der Waals surface area contributed by atoms with Crippen molar-refractivity contribution in [2.24, 2.45) is 0 Å². The predicted molar refractivity (Wildman–Crippen MR) is 72.0 cm³/mol. The smallest absolute Gasteiger partial charge is 0.127 e. The molecule has 3 rings (SSSR count). The molecule has 0 saturated heterocycles. The molecule has 1 heterocycles. The molecule has 1 aliphatic heterocycles. The molecular weight excluding hydrogens is 224 g/mol. The molecule has 0 fully saturated rings. The van der Waals surface area contributed by atoms with Gasteiger partial charge in [0.15, 0.2) is 0 Å². The molecule has 2 heteroatoms. The third-order valence-corrected chi connectivity index (χ3v) is 3.09. The van der Waals surface area contributed by atoms with Crippen LogP contribution in [0.15, 0.2) is 54.6 Å². The van der Waals surface area contributed by atoms with Gasteiger partial charge in [0.25, 0.3) is 0 Å². The van der Waals surface area contributed by atoms with Gasteiger partial charge in [0.1, 0.15) is 18.1 Å². The summed E-state index contributed by atoms with van der Waals surface area (Å²) in [4.78, 5) is 0. The van der Waals surface area contributed by atoms with Crippen LogP contribution in [-0.2, 0) is 0 Å². The number of fused-ring (bicyclic) bond motifs is 1. The van der Waals surface area contributed by atoms with E-state index in [0.717, 1.165) is 17.1 Å². The topological polar surface area (TPSA) is 18.5 Å². The van der Waals surface area contributed by atoms with Crippen molar-refractivity contribution in [3.05, 3.63) is 65.7 Å². The lowest BCUT2D eigenvalue weighted by atomic mass is 9.95. The first-order chi connectivity index (χ1) is 8.88. The van der Waals surface area contributed by atoms with Gasteiger partial charge in [-0.2, -0.15) is 0 Å². The molecule has 0 amide bonds. The Balaban J connectivity index is 2.11. The van der Waals surface area contributed by atoms with Gasteiger partial charge in [-0.3, -0.25) is 0 Å². The normalized spacial score (nSPS) is 13.3. The monoisotopic (exact) mass is 238 g/mol. The van der Waals surface area contributed by atoms with Crippen LogP contribution in [0.2, 0.25) is 0 Å². The summed E-state index contributed by atoms with van der Waals surface area (Å²) in [6, 6.07) is 16.2. The minimum absolute atomic E-state index is 0.615. The number of ether oxygens (including phenoxy) is 2. The second kappa shape index (κ2) is 4.57. The predicted octanol–water partition coefficient (Wildman–Crippen LogP) is 3.52. The highest BCUT2D eigenvalue weighted by atomic mass is 16.5. The van der Waals surface area contributed by atoms with Gasteiger partial charge in [-0.1, -0.05) is 30.3 Å². The van der Waals surface area contributed by atoms with E-state index < -0.39 is 0 Å². The number of methoxy groups -OCH3 is 1. The number of benzene rings is 2. The highest BCUT2D eigenvalue weighted by Crippen LogP contribution is 2.36. The zero-order valence-electron chi connectivity index (χ0n) is 10.2. The third kappa shape index (κ3) is 1.86. The summed E-state index contributed by atoms with van der Waals surface area (Å²) in [5.74, 6) is 1.76. The first-order valence-corrected chi connectivity index (χ1v) is 5.95. The molecular formula is C16H14O2. The van der Waals surface area contributed by atoms with Crippen molar-refractivity contribution in [3.8, 4) is 11.5 Å². The van der Waals surface area contributed by atoms with E-state index in [0.29, 0.717) is 6.61 Å². The van der Waals surface area contributed by atoms with E-state index in [1.165, 1.54) is 11.1 Å². The lowest BCUT2D eigenvalue weighted by Gasteiger charge is -2.19. The summed E-state index contributed by atoms with van der Waals surface area (Å²) >= 11 is 0. The Hall–Kier alpha value is -2.22. The summed E-state index contributed by atoms with van der Waals surface area (Å²) in [6.07, 6.45) is 2.11. The highest BCUT2D eigenvalue weighted by Gasteiger charge is 2.15. The molecule has 0 unspecified atom stereocenters. The maximum absolute atomic E-state index is 5.64. The van der Waals surface area contributed by atoms with Gasteiger partial charge in [0.2, 0.25) is 0 Å². The molecule has 1 aliphatic rings. The van der Waals surface area contributed by atoms with Crippen molar-refractivity contribution < 1.29 is 9.47 Å². The minimum Gasteiger partial charge on any atom is -0.497 e. The molecule has 0 spiro atoms. The average Bonchev–Trinajstić information content (AvgIpc) is 2.47. The van der Waals surface area contributed by atoms with Crippen molar-refractivity contribution in [1.82, 2.24) is 0 Å². The fraction of sp³-hybridized carbons (Fsp3) is 0.125. The van der Waals surface area contributed by atoms with E-state index in [4.69, 9.17) is 9.47 Å². The number of rotatable bonds is 2. The van der Waals surface area contributed by atoms with Crippen molar-refractivity contribution in [2.45, 2.75) is 0 Å². The molecule has 90 valence electrons. The second-order valence-electron chi connectivity index (χ2n) is 4.16. The molecule has 2 aromatic rings. The third-order valence-electron chi connectivity index (χ3n) is 3.09. The summed E-state index contributed by atoms with van der Waals surface area (Å²) in [5, 5.41) is 0. The van der Waals surface area contributed by atoms with Crippen molar-refractivity contribution in [1.29, 1.82) is 0 Å². The molecule has 18 heavy (non-hydrogen) atoms. The quantitative estimate of drug-likeness (QED) is 0.797. The van der Waals surface area contributed by atoms with Gasteiger partial charge in [-0.05, 0) is 35.4 Å². The minimum atomic E-state index is 0.615. The fourth-order valence-electron chi connectivity index (χ4n) is 2.19. The lowest BCUT2D eigenvalue weighted by molar-refractivity contribution is 0.355. The molecule has 0 aromatic heterocycles. The van der Waals surface area contributed by atoms with Crippen LogP contribution < -0.4 is 9.47 Å². The van der Waals surface area contributed by atoms with Gasteiger partial charge in [0, 0.05) is 5.56 Å². The summed E-state index contributed by atoms with van der Waals surface area (Å²) in [7, 11) is 1.68. The Morgan fingerprint density at radius 1 is 1.06 bits per heavy atom. The van der Waals surface area contributed by atoms with E-state index in [1.54, 1.807) is 7.11 Å². The summed E-state index contributed by atoms with van der Waals surface area (Å²) < 4.78 is 10.9. The van der Waals surface area contributed by atoms with Gasteiger partial charge >= 0.3 is 0 Å². The second-order valence-corrected chi connectivity index (χ2v) is 4.16. The number of hydrogen-bond donors (Lipinski definition) is 0. The fourth-order valence-corrected chi connectivity index (χ4v) is 2.19. The first kappa shape index (κ1) is 10.9. The Kier molecular flexibility index (Phi) is 2.77. The van der Waals surface area contributed by atoms with Gasteiger partial charge < -0.3 is 9.47 Å². The van der Waals surface area contributed by atoms with E-state index in [9.17, 15) is 0 Å². The van der Waals surface area contributed by atoms with E-state index in [-0.39, 0.29) is 0 Å². The zero-order chi connectivity index (χ0) is 12.4. The lowest BCUT2D eigenvalue weighted by Crippen LogP contribution is -2.05. The Labute approximate surface area is 106 Å². The van der Waals surface area contributed by atoms with E-state index in [2.05, 4.69) is 18.2 Å². The Morgan fingerprint density at radius 2 is 1.89 bits per heavy atom. The van der Waals surface area contributed by atoms with Gasteiger partial charge in [0.05, 0.1) is 7.11 Å². The van der Waals surface area contributed by atoms with Crippen LogP contribution in [0, 0.1) is 0 Å². The van der Waals surface area contributed by atoms with Crippen LogP contribution in [0.1, 0.15) is 11.1 Å². The molecule has 0 N–H and O–H groups in total. The van der Waals surface area contributed by atoms with Crippen LogP contribution >= 0.6 is 0 Å².